The predicted molar refractivity (Wildman–Crippen MR) is 147 cm³/mol. The molecule has 0 radical (unpaired) electrons. The summed E-state index contributed by atoms with van der Waals surface area (Å²) >= 11 is 0. The van der Waals surface area contributed by atoms with Crippen LogP contribution in [0, 0.1) is 11.3 Å². The van der Waals surface area contributed by atoms with E-state index in [1.54, 1.807) is 0 Å². The van der Waals surface area contributed by atoms with Gasteiger partial charge in [-0.3, -0.25) is 0 Å². The molecular formula is C30H32ClN5. The Morgan fingerprint density at radius 2 is 1.56 bits per heavy atom. The number of halogens is 1. The normalized spacial score (nSPS) is 14.6. The number of nitriles is 1. The minimum Gasteiger partial charge on any atom is -0.371 e. The lowest BCUT2D eigenvalue weighted by atomic mass is 9.98. The molecule has 1 atom stereocenters. The highest BCUT2D eigenvalue weighted by atomic mass is 35.5. The molecule has 0 amide bonds. The van der Waals surface area contributed by atoms with Crippen LogP contribution in [0.25, 0.3) is 0 Å². The van der Waals surface area contributed by atoms with Gasteiger partial charge in [-0.1, -0.05) is 60.7 Å². The van der Waals surface area contributed by atoms with Crippen LogP contribution in [-0.2, 0) is 13.0 Å². The van der Waals surface area contributed by atoms with Crippen molar-refractivity contribution in [2.24, 2.45) is 0 Å². The van der Waals surface area contributed by atoms with Gasteiger partial charge in [0, 0.05) is 37.6 Å². The Hall–Kier alpha value is -3.59. The van der Waals surface area contributed by atoms with E-state index in [0.717, 1.165) is 44.5 Å². The first-order valence-electron chi connectivity index (χ1n) is 12.4. The second kappa shape index (κ2) is 12.4. The van der Waals surface area contributed by atoms with E-state index in [9.17, 15) is 0 Å². The van der Waals surface area contributed by atoms with Crippen molar-refractivity contribution in [1.29, 1.82) is 5.26 Å². The average Bonchev–Trinajstić information content (AvgIpc) is 3.38. The molecule has 0 aliphatic carbocycles. The van der Waals surface area contributed by atoms with Crippen molar-refractivity contribution in [3.05, 3.63) is 120 Å². The molecule has 5 nitrogen and oxygen atoms in total. The monoisotopic (exact) mass is 497 g/mol. The minimum atomic E-state index is 0. The summed E-state index contributed by atoms with van der Waals surface area (Å²) in [5.41, 5.74) is 5.68. The highest BCUT2D eigenvalue weighted by Crippen LogP contribution is 2.25. The molecular weight excluding hydrogens is 466 g/mol. The second-order valence-electron chi connectivity index (χ2n) is 9.26. The standard InChI is InChI=1S/C30H31N5.ClH/c31-20-25-11-13-26(14-12-25)22-35-23-32-21-30(35)29(19-24-7-3-1-4-8-24)33-27-15-17-34(18-16-27)28-9-5-2-6-10-28;/h1-14,21,23,27,29,33H,15-19,22H2;1H. The average molecular weight is 498 g/mol. The van der Waals surface area contributed by atoms with Crippen molar-refractivity contribution >= 4 is 18.1 Å². The molecule has 1 unspecified atom stereocenters. The Morgan fingerprint density at radius 1 is 0.889 bits per heavy atom. The van der Waals surface area contributed by atoms with Crippen molar-refractivity contribution in [3.8, 4) is 6.07 Å². The molecule has 1 fully saturated rings. The lowest BCUT2D eigenvalue weighted by molar-refractivity contribution is 0.359. The fraction of sp³-hybridized carbons (Fsp3) is 0.267. The molecule has 36 heavy (non-hydrogen) atoms. The van der Waals surface area contributed by atoms with Crippen LogP contribution in [0.1, 0.15) is 41.3 Å². The zero-order chi connectivity index (χ0) is 23.9. The van der Waals surface area contributed by atoms with Gasteiger partial charge in [0.15, 0.2) is 0 Å². The van der Waals surface area contributed by atoms with Crippen molar-refractivity contribution in [2.45, 2.75) is 37.9 Å². The van der Waals surface area contributed by atoms with E-state index in [2.05, 4.69) is 86.5 Å². The largest absolute Gasteiger partial charge is 0.371 e. The summed E-state index contributed by atoms with van der Waals surface area (Å²) in [5.74, 6) is 0. The van der Waals surface area contributed by atoms with E-state index in [0.29, 0.717) is 11.6 Å². The van der Waals surface area contributed by atoms with Crippen LogP contribution in [-0.4, -0.2) is 28.7 Å². The van der Waals surface area contributed by atoms with Crippen LogP contribution >= 0.6 is 12.4 Å². The van der Waals surface area contributed by atoms with Gasteiger partial charge in [-0.05, 0) is 54.7 Å². The van der Waals surface area contributed by atoms with Crippen LogP contribution in [0.2, 0.25) is 0 Å². The van der Waals surface area contributed by atoms with E-state index in [1.807, 2.05) is 36.8 Å². The number of piperidine rings is 1. The molecule has 3 aromatic carbocycles. The fourth-order valence-corrected chi connectivity index (χ4v) is 4.96. The second-order valence-corrected chi connectivity index (χ2v) is 9.26. The smallest absolute Gasteiger partial charge is 0.0991 e. The third-order valence-corrected chi connectivity index (χ3v) is 6.87. The van der Waals surface area contributed by atoms with E-state index in [4.69, 9.17) is 5.26 Å². The van der Waals surface area contributed by atoms with E-state index in [-0.39, 0.29) is 18.4 Å². The minimum absolute atomic E-state index is 0. The van der Waals surface area contributed by atoms with Gasteiger partial charge in [0.2, 0.25) is 0 Å². The zero-order valence-corrected chi connectivity index (χ0v) is 21.1. The summed E-state index contributed by atoms with van der Waals surface area (Å²) in [6.45, 7) is 2.86. The molecule has 4 aromatic rings. The molecule has 2 heterocycles. The van der Waals surface area contributed by atoms with E-state index < -0.39 is 0 Å². The first kappa shape index (κ1) is 25.5. The van der Waals surface area contributed by atoms with Gasteiger partial charge >= 0.3 is 0 Å². The van der Waals surface area contributed by atoms with Crippen molar-refractivity contribution in [1.82, 2.24) is 14.9 Å². The van der Waals surface area contributed by atoms with Gasteiger partial charge in [-0.25, -0.2) is 4.98 Å². The van der Waals surface area contributed by atoms with Gasteiger partial charge in [0.05, 0.1) is 29.7 Å². The molecule has 184 valence electrons. The van der Waals surface area contributed by atoms with Crippen LogP contribution in [0.4, 0.5) is 5.69 Å². The summed E-state index contributed by atoms with van der Waals surface area (Å²) in [4.78, 5) is 7.01. The highest BCUT2D eigenvalue weighted by Gasteiger charge is 2.25. The number of hydrogen-bond donors (Lipinski definition) is 1. The molecule has 1 N–H and O–H groups in total. The Bertz CT molecular complexity index is 1240. The number of imidazole rings is 1. The quantitative estimate of drug-likeness (QED) is 0.336. The molecule has 5 rings (SSSR count). The van der Waals surface area contributed by atoms with Crippen LogP contribution < -0.4 is 10.2 Å². The number of aromatic nitrogens is 2. The maximum atomic E-state index is 9.10. The van der Waals surface area contributed by atoms with E-state index >= 15 is 0 Å². The molecule has 6 heteroatoms. The summed E-state index contributed by atoms with van der Waals surface area (Å²) in [6.07, 6.45) is 7.07. The number of para-hydroxylation sites is 1. The molecule has 0 spiro atoms. The van der Waals surface area contributed by atoms with Crippen molar-refractivity contribution in [2.75, 3.05) is 18.0 Å². The molecule has 1 aromatic heterocycles. The number of benzene rings is 3. The fourth-order valence-electron chi connectivity index (χ4n) is 4.96. The molecule has 0 saturated carbocycles. The zero-order valence-electron chi connectivity index (χ0n) is 20.3. The lowest BCUT2D eigenvalue weighted by Crippen LogP contribution is -2.44. The van der Waals surface area contributed by atoms with Gasteiger partial charge in [0.1, 0.15) is 0 Å². The van der Waals surface area contributed by atoms with E-state index in [1.165, 1.54) is 16.9 Å². The number of anilines is 1. The summed E-state index contributed by atoms with van der Waals surface area (Å²) in [5, 5.41) is 13.1. The maximum Gasteiger partial charge on any atom is 0.0991 e. The maximum absolute atomic E-state index is 9.10. The molecule has 1 aliphatic rings. The Balaban J connectivity index is 0.00000304. The molecule has 1 aliphatic heterocycles. The van der Waals surface area contributed by atoms with Crippen molar-refractivity contribution < 1.29 is 0 Å². The van der Waals surface area contributed by atoms with Crippen LogP contribution in [0.3, 0.4) is 0 Å². The number of nitrogens with zero attached hydrogens (tertiary/aromatic N) is 4. The Kier molecular flexibility index (Phi) is 8.78. The SMILES string of the molecule is Cl.N#Cc1ccc(Cn2cncc2C(Cc2ccccc2)NC2CCN(c3ccccc3)CC2)cc1. The highest BCUT2D eigenvalue weighted by molar-refractivity contribution is 5.85. The summed E-state index contributed by atoms with van der Waals surface area (Å²) in [7, 11) is 0. The van der Waals surface area contributed by atoms with Crippen LogP contribution in [0.15, 0.2) is 97.5 Å². The Labute approximate surface area is 219 Å². The van der Waals surface area contributed by atoms with Crippen molar-refractivity contribution in [3.63, 3.8) is 0 Å². The molecule has 1 saturated heterocycles. The number of hydrogen-bond acceptors (Lipinski definition) is 4. The third-order valence-electron chi connectivity index (χ3n) is 6.87. The van der Waals surface area contributed by atoms with Gasteiger partial charge in [-0.2, -0.15) is 5.26 Å². The molecule has 0 bridgehead atoms. The summed E-state index contributed by atoms with van der Waals surface area (Å²) in [6, 6.07) is 32.1. The van der Waals surface area contributed by atoms with Gasteiger partial charge in [-0.15, -0.1) is 12.4 Å². The Morgan fingerprint density at radius 3 is 2.22 bits per heavy atom. The van der Waals surface area contributed by atoms with Crippen LogP contribution in [0.5, 0.6) is 0 Å². The lowest BCUT2D eigenvalue weighted by Gasteiger charge is -2.36. The number of rotatable bonds is 8. The predicted octanol–water partition coefficient (Wildman–Crippen LogP) is 5.77. The van der Waals surface area contributed by atoms with Gasteiger partial charge in [0.25, 0.3) is 0 Å². The number of nitrogens with one attached hydrogen (secondary N) is 1. The topological polar surface area (TPSA) is 56.9 Å². The first-order chi connectivity index (χ1) is 17.3. The van der Waals surface area contributed by atoms with Gasteiger partial charge < -0.3 is 14.8 Å². The summed E-state index contributed by atoms with van der Waals surface area (Å²) < 4.78 is 2.24. The third kappa shape index (κ3) is 6.34. The first-order valence-corrected chi connectivity index (χ1v) is 12.4.